The maximum absolute atomic E-state index is 13.4. The van der Waals surface area contributed by atoms with Gasteiger partial charge in [0.25, 0.3) is 0 Å². The zero-order chi connectivity index (χ0) is 21.2. The normalized spacial score (nSPS) is 16.7. The van der Waals surface area contributed by atoms with Gasteiger partial charge >= 0.3 is 0 Å². The minimum atomic E-state index is -0.266. The van der Waals surface area contributed by atoms with Gasteiger partial charge in [-0.15, -0.1) is 0 Å². The Morgan fingerprint density at radius 2 is 1.71 bits per heavy atom. The van der Waals surface area contributed by atoms with E-state index in [4.69, 9.17) is 10.1 Å². The molecule has 31 heavy (non-hydrogen) atoms. The number of aromatic nitrogens is 3. The number of rotatable bonds is 5. The molecule has 4 aromatic rings. The Hall–Kier alpha value is -3.25. The van der Waals surface area contributed by atoms with Crippen LogP contribution < -0.4 is 4.90 Å². The van der Waals surface area contributed by atoms with Gasteiger partial charge in [0, 0.05) is 42.5 Å². The van der Waals surface area contributed by atoms with E-state index in [-0.39, 0.29) is 18.5 Å². The molecule has 1 atom stereocenters. The van der Waals surface area contributed by atoms with Crippen LogP contribution in [0.2, 0.25) is 0 Å². The van der Waals surface area contributed by atoms with Gasteiger partial charge < -0.3 is 10.0 Å². The average Bonchev–Trinajstić information content (AvgIpc) is 3.24. The Morgan fingerprint density at radius 3 is 2.48 bits per heavy atom. The smallest absolute Gasteiger partial charge is 0.158 e. The van der Waals surface area contributed by atoms with E-state index in [0.29, 0.717) is 0 Å². The van der Waals surface area contributed by atoms with Crippen LogP contribution >= 0.6 is 0 Å². The van der Waals surface area contributed by atoms with Gasteiger partial charge in [0.2, 0.25) is 0 Å². The molecule has 0 spiro atoms. The molecule has 2 aromatic heterocycles. The zero-order valence-corrected chi connectivity index (χ0v) is 17.3. The highest BCUT2D eigenvalue weighted by atomic mass is 19.1. The van der Waals surface area contributed by atoms with Crippen molar-refractivity contribution in [3.8, 4) is 22.5 Å². The summed E-state index contributed by atoms with van der Waals surface area (Å²) in [7, 11) is 0. The lowest BCUT2D eigenvalue weighted by Crippen LogP contribution is -2.41. The van der Waals surface area contributed by atoms with Gasteiger partial charge in [-0.3, -0.25) is 0 Å². The first-order valence-electron chi connectivity index (χ1n) is 10.8. The number of hydrogen-bond donors (Lipinski definition) is 1. The summed E-state index contributed by atoms with van der Waals surface area (Å²) in [5.74, 6) is 0.716. The van der Waals surface area contributed by atoms with Crippen LogP contribution in [0, 0.1) is 5.82 Å². The van der Waals surface area contributed by atoms with E-state index in [2.05, 4.69) is 23.1 Å². The number of anilines is 1. The van der Waals surface area contributed by atoms with Crippen molar-refractivity contribution < 1.29 is 9.50 Å². The molecule has 1 aliphatic heterocycles. The van der Waals surface area contributed by atoms with Crippen molar-refractivity contribution in [3.05, 3.63) is 72.5 Å². The first-order chi connectivity index (χ1) is 15.2. The third kappa shape index (κ3) is 3.91. The third-order valence-electron chi connectivity index (χ3n) is 6.00. The second-order valence-electron chi connectivity index (χ2n) is 8.03. The molecule has 0 aliphatic carbocycles. The third-order valence-corrected chi connectivity index (χ3v) is 6.00. The molecule has 0 amide bonds. The lowest BCUT2D eigenvalue weighted by Gasteiger charge is -2.37. The molecule has 1 N–H and O–H groups in total. The van der Waals surface area contributed by atoms with E-state index in [1.165, 1.54) is 18.6 Å². The minimum absolute atomic E-state index is 0.168. The highest BCUT2D eigenvalue weighted by Gasteiger charge is 2.25. The lowest BCUT2D eigenvalue weighted by molar-refractivity contribution is 0.262. The van der Waals surface area contributed by atoms with Gasteiger partial charge in [0.1, 0.15) is 11.6 Å². The number of aliphatic hydroxyl groups excluding tert-OH is 1. The van der Waals surface area contributed by atoms with E-state index < -0.39 is 0 Å². The molecule has 1 aliphatic rings. The fraction of sp³-hybridized carbons (Fsp3) is 0.280. The lowest BCUT2D eigenvalue weighted by atomic mass is 9.99. The molecule has 2 aromatic carbocycles. The van der Waals surface area contributed by atoms with Crippen molar-refractivity contribution in [2.24, 2.45) is 0 Å². The maximum Gasteiger partial charge on any atom is 0.158 e. The van der Waals surface area contributed by atoms with Crippen molar-refractivity contribution in [2.75, 3.05) is 18.1 Å². The summed E-state index contributed by atoms with van der Waals surface area (Å²) in [6.07, 6.45) is 4.06. The summed E-state index contributed by atoms with van der Waals surface area (Å²) < 4.78 is 15.3. The average molecular weight is 417 g/mol. The summed E-state index contributed by atoms with van der Waals surface area (Å²) in [5, 5.41) is 14.5. The molecule has 1 fully saturated rings. The Bertz CT molecular complexity index is 1170. The Morgan fingerprint density at radius 1 is 0.935 bits per heavy atom. The van der Waals surface area contributed by atoms with Crippen LogP contribution in [0.4, 0.5) is 10.2 Å². The summed E-state index contributed by atoms with van der Waals surface area (Å²) in [6, 6.07) is 20.8. The number of aliphatic hydroxyl groups is 1. The van der Waals surface area contributed by atoms with Gasteiger partial charge in [0.15, 0.2) is 5.65 Å². The number of piperidine rings is 1. The monoisotopic (exact) mass is 416 g/mol. The SMILES string of the molecule is OCCC1CCCCN1c1cc(-c2ccccc2)nc2cc(-c3ccc(F)cc3)nn12. The molecule has 0 bridgehead atoms. The summed E-state index contributed by atoms with van der Waals surface area (Å²) in [5.41, 5.74) is 4.30. The Kier molecular flexibility index (Phi) is 5.38. The topological polar surface area (TPSA) is 53.7 Å². The molecule has 5 nitrogen and oxygen atoms in total. The zero-order valence-electron chi connectivity index (χ0n) is 17.3. The molecule has 5 rings (SSSR count). The van der Waals surface area contributed by atoms with E-state index in [1.807, 2.05) is 28.8 Å². The Balaban J connectivity index is 1.68. The van der Waals surface area contributed by atoms with Gasteiger partial charge in [-0.25, -0.2) is 9.37 Å². The van der Waals surface area contributed by atoms with Crippen LogP contribution in [0.5, 0.6) is 0 Å². The quantitative estimate of drug-likeness (QED) is 0.501. The second-order valence-corrected chi connectivity index (χ2v) is 8.03. The highest BCUT2D eigenvalue weighted by molar-refractivity contribution is 5.71. The van der Waals surface area contributed by atoms with Gasteiger partial charge in [0.05, 0.1) is 11.4 Å². The van der Waals surface area contributed by atoms with Crippen LogP contribution in [0.25, 0.3) is 28.2 Å². The van der Waals surface area contributed by atoms with E-state index >= 15 is 0 Å². The van der Waals surface area contributed by atoms with E-state index in [1.54, 1.807) is 12.1 Å². The largest absolute Gasteiger partial charge is 0.396 e. The molecule has 1 unspecified atom stereocenters. The predicted molar refractivity (Wildman–Crippen MR) is 121 cm³/mol. The fourth-order valence-corrected chi connectivity index (χ4v) is 4.43. The molecule has 0 radical (unpaired) electrons. The van der Waals surface area contributed by atoms with Gasteiger partial charge in [-0.1, -0.05) is 30.3 Å². The number of halogens is 1. The maximum atomic E-state index is 13.4. The minimum Gasteiger partial charge on any atom is -0.396 e. The molecule has 1 saturated heterocycles. The highest BCUT2D eigenvalue weighted by Crippen LogP contribution is 2.32. The second kappa shape index (κ2) is 8.47. The van der Waals surface area contributed by atoms with Crippen LogP contribution in [0.3, 0.4) is 0 Å². The van der Waals surface area contributed by atoms with E-state index in [9.17, 15) is 9.50 Å². The number of hydrogen-bond acceptors (Lipinski definition) is 4. The predicted octanol–water partition coefficient (Wildman–Crippen LogP) is 4.94. The van der Waals surface area contributed by atoms with Crippen molar-refractivity contribution in [2.45, 2.75) is 31.7 Å². The molecular weight excluding hydrogens is 391 g/mol. The van der Waals surface area contributed by atoms with Crippen LogP contribution in [-0.2, 0) is 0 Å². The van der Waals surface area contributed by atoms with Gasteiger partial charge in [-0.2, -0.15) is 9.61 Å². The van der Waals surface area contributed by atoms with Crippen molar-refractivity contribution >= 4 is 11.5 Å². The van der Waals surface area contributed by atoms with Crippen LogP contribution in [-0.4, -0.2) is 38.9 Å². The fourth-order valence-electron chi connectivity index (χ4n) is 4.43. The number of fused-ring (bicyclic) bond motifs is 1. The summed E-state index contributed by atoms with van der Waals surface area (Å²) in [6.45, 7) is 1.09. The number of benzene rings is 2. The van der Waals surface area contributed by atoms with Gasteiger partial charge in [-0.05, 0) is 49.9 Å². The summed E-state index contributed by atoms with van der Waals surface area (Å²) in [4.78, 5) is 7.25. The van der Waals surface area contributed by atoms with Crippen LogP contribution in [0.15, 0.2) is 66.7 Å². The van der Waals surface area contributed by atoms with Crippen molar-refractivity contribution in [1.29, 1.82) is 0 Å². The molecule has 6 heteroatoms. The van der Waals surface area contributed by atoms with Crippen LogP contribution in [0.1, 0.15) is 25.7 Å². The first-order valence-corrected chi connectivity index (χ1v) is 10.8. The Labute approximate surface area is 180 Å². The summed E-state index contributed by atoms with van der Waals surface area (Å²) >= 11 is 0. The number of nitrogens with zero attached hydrogens (tertiary/aromatic N) is 4. The first kappa shape index (κ1) is 19.7. The molecular formula is C25H25FN4O. The molecule has 3 heterocycles. The molecule has 158 valence electrons. The van der Waals surface area contributed by atoms with Crippen molar-refractivity contribution in [1.82, 2.24) is 14.6 Å². The molecule has 0 saturated carbocycles. The van der Waals surface area contributed by atoms with Crippen molar-refractivity contribution in [3.63, 3.8) is 0 Å². The standard InChI is InChI=1S/C25H25FN4O/c26-20-11-9-19(10-12-20)23-16-24-27-22(18-6-2-1-3-7-18)17-25(30(24)28-23)29-14-5-4-8-21(29)13-15-31/h1-3,6-7,9-12,16-17,21,31H,4-5,8,13-15H2. The van der Waals surface area contributed by atoms with E-state index in [0.717, 1.165) is 59.8 Å².